The van der Waals surface area contributed by atoms with Crippen molar-refractivity contribution in [1.82, 2.24) is 9.97 Å². The molecule has 1 unspecified atom stereocenters. The number of halogens is 2. The van der Waals surface area contributed by atoms with Crippen LogP contribution in [0, 0.1) is 18.6 Å². The van der Waals surface area contributed by atoms with Gasteiger partial charge in [0.1, 0.15) is 18.2 Å². The lowest BCUT2D eigenvalue weighted by atomic mass is 10.1. The molecule has 114 valence electrons. The van der Waals surface area contributed by atoms with Gasteiger partial charge in [0, 0.05) is 18.3 Å². The molecule has 0 saturated heterocycles. The predicted molar refractivity (Wildman–Crippen MR) is 74.9 cm³/mol. The number of amides is 1. The van der Waals surface area contributed by atoms with Gasteiger partial charge in [0.05, 0.1) is 23.5 Å². The highest BCUT2D eigenvalue weighted by atomic mass is 19.2. The van der Waals surface area contributed by atoms with E-state index < -0.39 is 11.6 Å². The summed E-state index contributed by atoms with van der Waals surface area (Å²) in [7, 11) is 0. The third-order valence-corrected chi connectivity index (χ3v) is 3.45. The van der Waals surface area contributed by atoms with Crippen molar-refractivity contribution in [3.05, 3.63) is 47.5 Å². The van der Waals surface area contributed by atoms with Crippen LogP contribution in [0.25, 0.3) is 0 Å². The molecule has 1 aromatic carbocycles. The maximum Gasteiger partial charge on any atom is 0.261 e. The third kappa shape index (κ3) is 2.38. The summed E-state index contributed by atoms with van der Waals surface area (Å²) in [6, 6.07) is 1.92. The van der Waals surface area contributed by atoms with E-state index in [2.05, 4.69) is 9.97 Å². The first-order valence-electron chi connectivity index (χ1n) is 6.71. The van der Waals surface area contributed by atoms with Crippen LogP contribution in [0.1, 0.15) is 23.0 Å². The van der Waals surface area contributed by atoms with Gasteiger partial charge in [0.15, 0.2) is 11.6 Å². The number of carbonyl (C=O) groups is 1. The first kappa shape index (κ1) is 14.4. The van der Waals surface area contributed by atoms with E-state index >= 15 is 0 Å². The van der Waals surface area contributed by atoms with Crippen LogP contribution in [-0.4, -0.2) is 28.5 Å². The smallest absolute Gasteiger partial charge is 0.261 e. The number of ether oxygens (including phenoxy) is 1. The maximum absolute atomic E-state index is 13.5. The van der Waals surface area contributed by atoms with E-state index in [0.29, 0.717) is 11.3 Å². The zero-order valence-electron chi connectivity index (χ0n) is 12.0. The Hall–Kier alpha value is -2.57. The highest BCUT2D eigenvalue weighted by Crippen LogP contribution is 2.36. The lowest BCUT2D eigenvalue weighted by Crippen LogP contribution is -2.42. The van der Waals surface area contributed by atoms with Crippen molar-refractivity contribution >= 4 is 11.6 Å². The van der Waals surface area contributed by atoms with E-state index in [1.165, 1.54) is 17.4 Å². The highest BCUT2D eigenvalue weighted by molar-refractivity contribution is 6.07. The quantitative estimate of drug-likeness (QED) is 0.812. The molecule has 3 rings (SSSR count). The molecule has 5 nitrogen and oxygen atoms in total. The molecule has 0 aliphatic carbocycles. The molecule has 0 N–H and O–H groups in total. The first-order chi connectivity index (χ1) is 10.5. The van der Waals surface area contributed by atoms with Crippen LogP contribution in [0.4, 0.5) is 14.5 Å². The van der Waals surface area contributed by atoms with Gasteiger partial charge in [0.25, 0.3) is 5.91 Å². The summed E-state index contributed by atoms with van der Waals surface area (Å²) in [5, 5.41) is 0. The summed E-state index contributed by atoms with van der Waals surface area (Å²) in [5.41, 5.74) is 1.03. The van der Waals surface area contributed by atoms with Gasteiger partial charge < -0.3 is 9.64 Å². The minimum Gasteiger partial charge on any atom is -0.487 e. The van der Waals surface area contributed by atoms with Crippen molar-refractivity contribution in [2.75, 3.05) is 11.4 Å². The van der Waals surface area contributed by atoms with Gasteiger partial charge in [-0.1, -0.05) is 0 Å². The van der Waals surface area contributed by atoms with Crippen LogP contribution < -0.4 is 9.64 Å². The van der Waals surface area contributed by atoms with Gasteiger partial charge >= 0.3 is 0 Å². The molecule has 0 fully saturated rings. The number of aromatic nitrogens is 2. The van der Waals surface area contributed by atoms with E-state index in [0.717, 1.165) is 12.1 Å². The van der Waals surface area contributed by atoms with Crippen LogP contribution in [-0.2, 0) is 0 Å². The number of hydrogen-bond donors (Lipinski definition) is 0. The van der Waals surface area contributed by atoms with Crippen LogP contribution in [0.15, 0.2) is 24.7 Å². The summed E-state index contributed by atoms with van der Waals surface area (Å²) < 4.78 is 32.4. The van der Waals surface area contributed by atoms with Crippen molar-refractivity contribution in [1.29, 1.82) is 0 Å². The third-order valence-electron chi connectivity index (χ3n) is 3.45. The second kappa shape index (κ2) is 5.32. The van der Waals surface area contributed by atoms with Crippen molar-refractivity contribution in [3.63, 3.8) is 0 Å². The number of nitrogens with zero attached hydrogens (tertiary/aromatic N) is 3. The molecule has 7 heteroatoms. The standard InChI is InChI=1S/C15H13F2N3O2/c1-8-6-20(15(21)10-5-18-7-19-9(10)2)13-3-11(16)12(17)4-14(13)22-8/h3-5,7-8H,6H2,1-2H3. The number of rotatable bonds is 1. The minimum atomic E-state index is -1.03. The van der Waals surface area contributed by atoms with Gasteiger partial charge in [-0.25, -0.2) is 18.7 Å². The SMILES string of the molecule is Cc1ncncc1C(=O)N1CC(C)Oc2cc(F)c(F)cc21. The topological polar surface area (TPSA) is 55.3 Å². The van der Waals surface area contributed by atoms with Crippen molar-refractivity contribution in [2.24, 2.45) is 0 Å². The van der Waals surface area contributed by atoms with Gasteiger partial charge in [0.2, 0.25) is 0 Å². The Morgan fingerprint density at radius 3 is 2.82 bits per heavy atom. The normalized spacial score (nSPS) is 16.9. The van der Waals surface area contributed by atoms with Crippen LogP contribution in [0.2, 0.25) is 0 Å². The van der Waals surface area contributed by atoms with Gasteiger partial charge in [-0.15, -0.1) is 0 Å². The van der Waals surface area contributed by atoms with Gasteiger partial charge in [-0.05, 0) is 13.8 Å². The number of carbonyl (C=O) groups excluding carboxylic acids is 1. The Morgan fingerprint density at radius 2 is 2.09 bits per heavy atom. The number of benzene rings is 1. The molecule has 1 atom stereocenters. The zero-order valence-corrected chi connectivity index (χ0v) is 12.0. The van der Waals surface area contributed by atoms with Gasteiger partial charge in [-0.3, -0.25) is 4.79 Å². The average molecular weight is 305 g/mol. The van der Waals surface area contributed by atoms with Crippen molar-refractivity contribution in [3.8, 4) is 5.75 Å². The predicted octanol–water partition coefficient (Wildman–Crippen LogP) is 2.49. The Kier molecular flexibility index (Phi) is 3.48. The molecule has 0 bridgehead atoms. The second-order valence-corrected chi connectivity index (χ2v) is 5.10. The fourth-order valence-corrected chi connectivity index (χ4v) is 2.37. The number of fused-ring (bicyclic) bond motifs is 1. The molecular formula is C15H13F2N3O2. The Balaban J connectivity index is 2.07. The van der Waals surface area contributed by atoms with E-state index in [1.54, 1.807) is 13.8 Å². The molecule has 0 saturated carbocycles. The molecule has 22 heavy (non-hydrogen) atoms. The largest absolute Gasteiger partial charge is 0.487 e. The minimum absolute atomic E-state index is 0.139. The van der Waals surface area contributed by atoms with Crippen molar-refractivity contribution < 1.29 is 18.3 Å². The molecule has 2 aromatic rings. The molecule has 1 aliphatic rings. The van der Waals surface area contributed by atoms with Crippen molar-refractivity contribution in [2.45, 2.75) is 20.0 Å². The van der Waals surface area contributed by atoms with Gasteiger partial charge in [-0.2, -0.15) is 0 Å². The molecule has 0 spiro atoms. The molecule has 1 amide bonds. The molecule has 2 heterocycles. The summed E-state index contributed by atoms with van der Waals surface area (Å²) in [5.74, 6) is -2.28. The van der Waals surface area contributed by atoms with Crippen LogP contribution in [0.3, 0.4) is 0 Å². The maximum atomic E-state index is 13.5. The fourth-order valence-electron chi connectivity index (χ4n) is 2.37. The van der Waals surface area contributed by atoms with E-state index in [-0.39, 0.29) is 30.0 Å². The molecule has 1 aliphatic heterocycles. The van der Waals surface area contributed by atoms with E-state index in [9.17, 15) is 13.6 Å². The number of hydrogen-bond acceptors (Lipinski definition) is 4. The Morgan fingerprint density at radius 1 is 1.36 bits per heavy atom. The first-order valence-corrected chi connectivity index (χ1v) is 6.71. The van der Waals surface area contributed by atoms with E-state index in [4.69, 9.17) is 4.74 Å². The molecular weight excluding hydrogens is 292 g/mol. The second-order valence-electron chi connectivity index (χ2n) is 5.10. The lowest BCUT2D eigenvalue weighted by Gasteiger charge is -2.33. The average Bonchev–Trinajstić information content (AvgIpc) is 2.48. The Labute approximate surface area is 125 Å². The fraction of sp³-hybridized carbons (Fsp3) is 0.267. The zero-order chi connectivity index (χ0) is 15.9. The molecule has 0 radical (unpaired) electrons. The summed E-state index contributed by atoms with van der Waals surface area (Å²) >= 11 is 0. The number of aryl methyl sites for hydroxylation is 1. The highest BCUT2D eigenvalue weighted by Gasteiger charge is 2.30. The van der Waals surface area contributed by atoms with Crippen LogP contribution >= 0.6 is 0 Å². The van der Waals surface area contributed by atoms with Crippen LogP contribution in [0.5, 0.6) is 5.75 Å². The monoisotopic (exact) mass is 305 g/mol. The summed E-state index contributed by atoms with van der Waals surface area (Å²) in [4.78, 5) is 21.9. The Bertz CT molecular complexity index is 752. The summed E-state index contributed by atoms with van der Waals surface area (Å²) in [6.07, 6.45) is 2.41. The summed E-state index contributed by atoms with van der Waals surface area (Å²) in [6.45, 7) is 3.66. The lowest BCUT2D eigenvalue weighted by molar-refractivity contribution is 0.0959. The van der Waals surface area contributed by atoms with E-state index in [1.807, 2.05) is 0 Å². The number of anilines is 1. The molecule has 1 aromatic heterocycles.